The quantitative estimate of drug-likeness (QED) is 0.712. The third-order valence-corrected chi connectivity index (χ3v) is 5.64. The number of oxime groups is 1. The molecule has 0 spiro atoms. The largest absolute Gasteiger partial charge is 0.382 e. The van der Waals surface area contributed by atoms with Crippen molar-refractivity contribution < 1.29 is 9.63 Å². The van der Waals surface area contributed by atoms with Gasteiger partial charge >= 0.3 is 0 Å². The Bertz CT molecular complexity index is 983. The molecule has 27 heavy (non-hydrogen) atoms. The lowest BCUT2D eigenvalue weighted by atomic mass is 10.0. The van der Waals surface area contributed by atoms with Crippen LogP contribution in [0.5, 0.6) is 0 Å². The van der Waals surface area contributed by atoms with Crippen LogP contribution in [0, 0.1) is 0 Å². The molecule has 0 saturated carbocycles. The molecule has 1 aromatic carbocycles. The minimum atomic E-state index is -0.674. The van der Waals surface area contributed by atoms with Crippen LogP contribution in [0.2, 0.25) is 4.34 Å². The van der Waals surface area contributed by atoms with Crippen molar-refractivity contribution in [1.29, 1.82) is 0 Å². The number of amides is 1. The van der Waals surface area contributed by atoms with Crippen LogP contribution in [0.4, 0.5) is 0 Å². The van der Waals surface area contributed by atoms with E-state index in [1.165, 1.54) is 11.3 Å². The van der Waals surface area contributed by atoms with E-state index in [1.807, 2.05) is 60.3 Å². The number of nitrogens with one attached hydrogen (secondary N) is 1. The van der Waals surface area contributed by atoms with Crippen molar-refractivity contribution in [3.05, 3.63) is 75.5 Å². The molecule has 1 aliphatic rings. The molecule has 1 amide bonds. The van der Waals surface area contributed by atoms with Crippen LogP contribution in [-0.2, 0) is 16.7 Å². The Labute approximate surface area is 165 Å². The van der Waals surface area contributed by atoms with Crippen molar-refractivity contribution in [3.8, 4) is 0 Å². The maximum atomic E-state index is 12.8. The van der Waals surface area contributed by atoms with Gasteiger partial charge in [-0.2, -0.15) is 0 Å². The van der Waals surface area contributed by atoms with Crippen molar-refractivity contribution in [1.82, 2.24) is 14.9 Å². The maximum absolute atomic E-state index is 12.8. The second kappa shape index (κ2) is 7.54. The molecule has 8 heteroatoms. The van der Waals surface area contributed by atoms with Gasteiger partial charge in [-0.3, -0.25) is 4.79 Å². The molecule has 1 aliphatic heterocycles. The lowest BCUT2D eigenvalue weighted by Gasteiger charge is -2.20. The van der Waals surface area contributed by atoms with E-state index in [1.54, 1.807) is 6.20 Å². The zero-order valence-corrected chi connectivity index (χ0v) is 16.1. The second-order valence-electron chi connectivity index (χ2n) is 6.19. The molecule has 0 bridgehead atoms. The third kappa shape index (κ3) is 3.74. The summed E-state index contributed by atoms with van der Waals surface area (Å²) in [5.41, 5.74) is 1.68. The minimum absolute atomic E-state index is 0.228. The van der Waals surface area contributed by atoms with Gasteiger partial charge in [0.2, 0.25) is 6.10 Å². The summed E-state index contributed by atoms with van der Waals surface area (Å²) in [5.74, 6) is 0.520. The fourth-order valence-electron chi connectivity index (χ4n) is 2.97. The number of hydrogen-bond acceptors (Lipinski definition) is 5. The van der Waals surface area contributed by atoms with Crippen molar-refractivity contribution in [3.63, 3.8) is 0 Å². The highest BCUT2D eigenvalue weighted by atomic mass is 35.5. The number of thiophene rings is 1. The zero-order chi connectivity index (χ0) is 18.8. The molecule has 3 heterocycles. The maximum Gasteiger partial charge on any atom is 0.265 e. The lowest BCUT2D eigenvalue weighted by molar-refractivity contribution is -0.131. The number of carbonyl (C=O) groups is 1. The van der Waals surface area contributed by atoms with Gasteiger partial charge < -0.3 is 14.7 Å². The first kappa shape index (κ1) is 17.8. The number of hydrogen-bond donors (Lipinski definition) is 1. The Morgan fingerprint density at radius 1 is 1.33 bits per heavy atom. The van der Waals surface area contributed by atoms with E-state index in [4.69, 9.17) is 16.4 Å². The number of halogens is 1. The lowest BCUT2D eigenvalue weighted by Crippen LogP contribution is -2.38. The van der Waals surface area contributed by atoms with E-state index in [9.17, 15) is 4.79 Å². The van der Waals surface area contributed by atoms with Crippen LogP contribution in [0.25, 0.3) is 0 Å². The monoisotopic (exact) mass is 400 g/mol. The van der Waals surface area contributed by atoms with Crippen LogP contribution in [0.1, 0.15) is 28.7 Å². The second-order valence-corrected chi connectivity index (χ2v) is 7.90. The summed E-state index contributed by atoms with van der Waals surface area (Å²) in [5, 5.41) is 7.12. The number of aryl methyl sites for hydroxylation is 1. The van der Waals surface area contributed by atoms with Gasteiger partial charge in [-0.25, -0.2) is 4.98 Å². The van der Waals surface area contributed by atoms with Crippen molar-refractivity contribution in [2.45, 2.75) is 18.6 Å². The molecule has 6 nitrogen and oxygen atoms in total. The fraction of sp³-hybridized carbons (Fsp3) is 0.211. The molecule has 2 aromatic heterocycles. The fourth-order valence-corrected chi connectivity index (χ4v) is 4.00. The molecular formula is C19H17ClN4O2S. The van der Waals surface area contributed by atoms with Crippen LogP contribution in [-0.4, -0.2) is 27.3 Å². The van der Waals surface area contributed by atoms with Crippen LogP contribution < -0.4 is 5.32 Å². The van der Waals surface area contributed by atoms with Crippen molar-refractivity contribution in [2.75, 3.05) is 0 Å². The zero-order valence-electron chi connectivity index (χ0n) is 14.5. The average molecular weight is 401 g/mol. The molecule has 0 saturated heterocycles. The van der Waals surface area contributed by atoms with E-state index < -0.39 is 6.10 Å². The Morgan fingerprint density at radius 3 is 2.81 bits per heavy atom. The van der Waals surface area contributed by atoms with Gasteiger partial charge in [0.25, 0.3) is 5.91 Å². The Hall–Kier alpha value is -2.64. The summed E-state index contributed by atoms with van der Waals surface area (Å²) in [4.78, 5) is 23.6. The SMILES string of the molecule is Cn1ccnc1C(NC(=O)C1CC(c2ccc(Cl)s2)=NO1)c1ccccc1. The summed E-state index contributed by atoms with van der Waals surface area (Å²) in [6, 6.07) is 13.1. The molecule has 0 fully saturated rings. The van der Waals surface area contributed by atoms with E-state index >= 15 is 0 Å². The van der Waals surface area contributed by atoms with Gasteiger partial charge in [-0.1, -0.05) is 47.1 Å². The Kier molecular flexibility index (Phi) is 4.96. The third-order valence-electron chi connectivity index (χ3n) is 4.36. The van der Waals surface area contributed by atoms with E-state index in [2.05, 4.69) is 15.5 Å². The number of imidazole rings is 1. The predicted molar refractivity (Wildman–Crippen MR) is 105 cm³/mol. The highest BCUT2D eigenvalue weighted by Crippen LogP contribution is 2.27. The molecule has 3 aromatic rings. The average Bonchev–Trinajstić information content (AvgIpc) is 3.41. The van der Waals surface area contributed by atoms with E-state index in [0.29, 0.717) is 10.8 Å². The van der Waals surface area contributed by atoms with Gasteiger partial charge in [-0.05, 0) is 17.7 Å². The van der Waals surface area contributed by atoms with Crippen molar-refractivity contribution in [2.24, 2.45) is 12.2 Å². The number of rotatable bonds is 5. The normalized spacial score (nSPS) is 17.3. The highest BCUT2D eigenvalue weighted by Gasteiger charge is 2.32. The number of nitrogens with zero attached hydrogens (tertiary/aromatic N) is 3. The summed E-state index contributed by atoms with van der Waals surface area (Å²) < 4.78 is 2.57. The minimum Gasteiger partial charge on any atom is -0.382 e. The van der Waals surface area contributed by atoms with Gasteiger partial charge in [0.05, 0.1) is 9.21 Å². The first-order chi connectivity index (χ1) is 13.1. The van der Waals surface area contributed by atoms with Crippen molar-refractivity contribution >= 4 is 34.6 Å². The number of carbonyl (C=O) groups excluding carboxylic acids is 1. The van der Waals surface area contributed by atoms with E-state index in [-0.39, 0.29) is 11.9 Å². The standard InChI is InChI=1S/C19H17ClN4O2S/c1-24-10-9-21-18(24)17(12-5-3-2-4-6-12)22-19(25)14-11-13(23-26-14)15-7-8-16(20)27-15/h2-10,14,17H,11H2,1H3,(H,22,25). The Balaban J connectivity index is 1.51. The van der Waals surface area contributed by atoms with Gasteiger partial charge in [-0.15, -0.1) is 11.3 Å². The summed E-state index contributed by atoms with van der Waals surface area (Å²) in [6.07, 6.45) is 3.30. The summed E-state index contributed by atoms with van der Waals surface area (Å²) >= 11 is 7.40. The van der Waals surface area contributed by atoms with Crippen LogP contribution in [0.15, 0.2) is 60.0 Å². The van der Waals surface area contributed by atoms with Crippen LogP contribution >= 0.6 is 22.9 Å². The molecule has 2 unspecified atom stereocenters. The number of aromatic nitrogens is 2. The smallest absolute Gasteiger partial charge is 0.265 e. The van der Waals surface area contributed by atoms with Gasteiger partial charge in [0.1, 0.15) is 17.6 Å². The van der Waals surface area contributed by atoms with Crippen LogP contribution in [0.3, 0.4) is 0 Å². The van der Waals surface area contributed by atoms with E-state index in [0.717, 1.165) is 22.0 Å². The molecule has 0 radical (unpaired) electrons. The van der Waals surface area contributed by atoms with Gasteiger partial charge in [0.15, 0.2) is 0 Å². The molecule has 4 rings (SSSR count). The first-order valence-electron chi connectivity index (χ1n) is 8.43. The molecule has 2 atom stereocenters. The molecular weight excluding hydrogens is 384 g/mol. The topological polar surface area (TPSA) is 68.5 Å². The summed E-state index contributed by atoms with van der Waals surface area (Å²) in [7, 11) is 1.90. The molecule has 0 aliphatic carbocycles. The highest BCUT2D eigenvalue weighted by molar-refractivity contribution is 7.18. The predicted octanol–water partition coefficient (Wildman–Crippen LogP) is 3.53. The first-order valence-corrected chi connectivity index (χ1v) is 9.62. The summed E-state index contributed by atoms with van der Waals surface area (Å²) in [6.45, 7) is 0. The Morgan fingerprint density at radius 2 is 2.15 bits per heavy atom. The number of benzene rings is 1. The van der Waals surface area contributed by atoms with Gasteiger partial charge in [0, 0.05) is 25.9 Å². The molecule has 138 valence electrons. The molecule has 1 N–H and O–H groups in total.